The largest absolute Gasteiger partial charge is 0.340 e. The standard InChI is InChI=1S/C17H21O3P/c1-3-14-10-8-9-13-16(14)17(4-2,21(18,19)20)15-11-6-5-7-12-15/h5-13H,3-4H2,1-2H3,(H2,18,19,20). The van der Waals surface area contributed by atoms with E-state index >= 15 is 0 Å². The van der Waals surface area contributed by atoms with Crippen LogP contribution in [0, 0.1) is 0 Å². The first-order valence-electron chi connectivity index (χ1n) is 7.17. The van der Waals surface area contributed by atoms with Crippen LogP contribution in [0.3, 0.4) is 0 Å². The predicted octanol–water partition coefficient (Wildman–Crippen LogP) is 4.08. The Morgan fingerprint density at radius 2 is 1.52 bits per heavy atom. The Balaban J connectivity index is 2.82. The molecule has 0 aromatic heterocycles. The average Bonchev–Trinajstić information content (AvgIpc) is 2.49. The van der Waals surface area contributed by atoms with Crippen molar-refractivity contribution < 1.29 is 14.4 Å². The number of hydrogen-bond donors (Lipinski definition) is 2. The lowest BCUT2D eigenvalue weighted by Gasteiger charge is -2.36. The van der Waals surface area contributed by atoms with E-state index in [1.54, 1.807) is 12.1 Å². The molecular weight excluding hydrogens is 283 g/mol. The molecule has 0 bridgehead atoms. The van der Waals surface area contributed by atoms with Crippen LogP contribution in [0.4, 0.5) is 0 Å². The minimum absolute atomic E-state index is 0.346. The van der Waals surface area contributed by atoms with Gasteiger partial charge in [-0.25, -0.2) is 0 Å². The molecule has 0 saturated carbocycles. The molecule has 0 aliphatic heterocycles. The normalized spacial score (nSPS) is 14.7. The second kappa shape index (κ2) is 6.15. The van der Waals surface area contributed by atoms with Gasteiger partial charge in [0, 0.05) is 0 Å². The molecule has 112 valence electrons. The van der Waals surface area contributed by atoms with Crippen molar-refractivity contribution in [2.75, 3.05) is 0 Å². The maximum Gasteiger partial charge on any atom is 0.340 e. The molecule has 0 amide bonds. The third-order valence-corrected chi connectivity index (χ3v) is 5.91. The molecule has 4 heteroatoms. The quantitative estimate of drug-likeness (QED) is 0.818. The third kappa shape index (κ3) is 2.69. The van der Waals surface area contributed by atoms with Crippen molar-refractivity contribution in [1.82, 2.24) is 0 Å². The lowest BCUT2D eigenvalue weighted by atomic mass is 9.84. The molecule has 0 fully saturated rings. The Morgan fingerprint density at radius 1 is 0.952 bits per heavy atom. The summed E-state index contributed by atoms with van der Waals surface area (Å²) in [6.45, 7) is 3.84. The molecule has 1 unspecified atom stereocenters. The highest BCUT2D eigenvalue weighted by atomic mass is 31.2. The van der Waals surface area contributed by atoms with Crippen molar-refractivity contribution in [2.45, 2.75) is 31.8 Å². The van der Waals surface area contributed by atoms with Crippen LogP contribution < -0.4 is 0 Å². The topological polar surface area (TPSA) is 57.5 Å². The first-order valence-corrected chi connectivity index (χ1v) is 8.78. The van der Waals surface area contributed by atoms with E-state index < -0.39 is 12.8 Å². The number of rotatable bonds is 5. The highest BCUT2D eigenvalue weighted by Gasteiger charge is 2.49. The Kier molecular flexibility index (Phi) is 4.67. The van der Waals surface area contributed by atoms with Crippen LogP contribution in [0.5, 0.6) is 0 Å². The van der Waals surface area contributed by atoms with E-state index in [2.05, 4.69) is 0 Å². The zero-order valence-electron chi connectivity index (χ0n) is 12.4. The predicted molar refractivity (Wildman–Crippen MR) is 85.4 cm³/mol. The van der Waals surface area contributed by atoms with E-state index in [0.29, 0.717) is 12.0 Å². The molecule has 3 nitrogen and oxygen atoms in total. The lowest BCUT2D eigenvalue weighted by Crippen LogP contribution is -2.28. The summed E-state index contributed by atoms with van der Waals surface area (Å²) in [7, 11) is -4.39. The number of aryl methyl sites for hydroxylation is 1. The molecule has 2 aromatic rings. The van der Waals surface area contributed by atoms with Gasteiger partial charge in [-0.1, -0.05) is 68.4 Å². The van der Waals surface area contributed by atoms with Crippen molar-refractivity contribution in [2.24, 2.45) is 0 Å². The maximum absolute atomic E-state index is 12.4. The minimum Gasteiger partial charge on any atom is -0.324 e. The van der Waals surface area contributed by atoms with Crippen LogP contribution in [0.15, 0.2) is 54.6 Å². The molecule has 21 heavy (non-hydrogen) atoms. The molecule has 0 heterocycles. The maximum atomic E-state index is 12.4. The van der Waals surface area contributed by atoms with Gasteiger partial charge >= 0.3 is 7.60 Å². The summed E-state index contributed by atoms with van der Waals surface area (Å²) in [6.07, 6.45) is 1.09. The molecule has 0 radical (unpaired) electrons. The van der Waals surface area contributed by atoms with Crippen molar-refractivity contribution in [3.63, 3.8) is 0 Å². The van der Waals surface area contributed by atoms with Crippen molar-refractivity contribution in [3.05, 3.63) is 71.3 Å². The van der Waals surface area contributed by atoms with E-state index in [1.165, 1.54) is 0 Å². The molecule has 0 aliphatic rings. The summed E-state index contributed by atoms with van der Waals surface area (Å²) >= 11 is 0. The molecule has 2 rings (SSSR count). The highest BCUT2D eigenvalue weighted by Crippen LogP contribution is 2.63. The van der Waals surface area contributed by atoms with Crippen LogP contribution in [0.1, 0.15) is 37.0 Å². The molecule has 0 saturated heterocycles. The monoisotopic (exact) mass is 304 g/mol. The van der Waals surface area contributed by atoms with Gasteiger partial charge in [-0.15, -0.1) is 0 Å². The second-order valence-electron chi connectivity index (χ2n) is 5.13. The lowest BCUT2D eigenvalue weighted by molar-refractivity contribution is 0.335. The molecule has 0 spiro atoms. The molecule has 0 aliphatic carbocycles. The van der Waals surface area contributed by atoms with Crippen LogP contribution >= 0.6 is 7.60 Å². The molecule has 2 N–H and O–H groups in total. The van der Waals surface area contributed by atoms with Gasteiger partial charge < -0.3 is 9.79 Å². The smallest absolute Gasteiger partial charge is 0.324 e. The van der Waals surface area contributed by atoms with E-state index in [0.717, 1.165) is 17.5 Å². The first-order chi connectivity index (χ1) is 9.97. The second-order valence-corrected chi connectivity index (χ2v) is 6.99. The van der Waals surface area contributed by atoms with Crippen molar-refractivity contribution in [3.8, 4) is 0 Å². The fourth-order valence-corrected chi connectivity index (χ4v) is 4.46. The van der Waals surface area contributed by atoms with Gasteiger partial charge in [-0.2, -0.15) is 0 Å². The van der Waals surface area contributed by atoms with Crippen LogP contribution in [0.2, 0.25) is 0 Å². The van der Waals surface area contributed by atoms with E-state index in [-0.39, 0.29) is 0 Å². The van der Waals surface area contributed by atoms with Crippen LogP contribution in [0.25, 0.3) is 0 Å². The van der Waals surface area contributed by atoms with Gasteiger partial charge in [-0.05, 0) is 29.5 Å². The van der Waals surface area contributed by atoms with Crippen molar-refractivity contribution >= 4 is 7.60 Å². The average molecular weight is 304 g/mol. The van der Waals surface area contributed by atoms with Gasteiger partial charge in [0.25, 0.3) is 0 Å². The van der Waals surface area contributed by atoms with E-state index in [9.17, 15) is 14.4 Å². The summed E-state index contributed by atoms with van der Waals surface area (Å²) in [4.78, 5) is 20.3. The summed E-state index contributed by atoms with van der Waals surface area (Å²) in [5.41, 5.74) is 2.38. The van der Waals surface area contributed by atoms with Gasteiger partial charge in [0.05, 0.1) is 0 Å². The van der Waals surface area contributed by atoms with Gasteiger partial charge in [-0.3, -0.25) is 4.57 Å². The SMILES string of the molecule is CCc1ccccc1C(CC)(c1ccccc1)P(=O)(O)O. The summed E-state index contributed by atoms with van der Waals surface area (Å²) in [5, 5.41) is -1.28. The highest BCUT2D eigenvalue weighted by molar-refractivity contribution is 7.53. The van der Waals surface area contributed by atoms with Gasteiger partial charge in [0.2, 0.25) is 0 Å². The summed E-state index contributed by atoms with van der Waals surface area (Å²) < 4.78 is 12.4. The van der Waals surface area contributed by atoms with Crippen molar-refractivity contribution in [1.29, 1.82) is 0 Å². The Morgan fingerprint density at radius 3 is 2.05 bits per heavy atom. The number of hydrogen-bond acceptors (Lipinski definition) is 1. The zero-order valence-corrected chi connectivity index (χ0v) is 13.3. The Hall–Kier alpha value is -1.41. The fraction of sp³-hybridized carbons (Fsp3) is 0.294. The minimum atomic E-state index is -4.39. The van der Waals surface area contributed by atoms with Crippen LogP contribution in [-0.2, 0) is 16.1 Å². The zero-order chi connectivity index (χ0) is 15.5. The molecule has 1 atom stereocenters. The molecule has 2 aromatic carbocycles. The fourth-order valence-electron chi connectivity index (χ4n) is 3.03. The summed E-state index contributed by atoms with van der Waals surface area (Å²) in [6, 6.07) is 16.6. The first kappa shape index (κ1) is 16.0. The van der Waals surface area contributed by atoms with Gasteiger partial charge in [0.1, 0.15) is 5.16 Å². The Bertz CT molecular complexity index is 648. The third-order valence-electron chi connectivity index (χ3n) is 4.10. The summed E-state index contributed by atoms with van der Waals surface area (Å²) in [5.74, 6) is 0. The Labute approximate surface area is 125 Å². The van der Waals surface area contributed by atoms with Gasteiger partial charge in [0.15, 0.2) is 0 Å². The molecular formula is C17H21O3P. The van der Waals surface area contributed by atoms with Crippen LogP contribution in [-0.4, -0.2) is 9.79 Å². The number of benzene rings is 2. The van der Waals surface area contributed by atoms with E-state index in [4.69, 9.17) is 0 Å². The van der Waals surface area contributed by atoms with E-state index in [1.807, 2.05) is 56.3 Å².